The summed E-state index contributed by atoms with van der Waals surface area (Å²) in [4.78, 5) is 26.0. The summed E-state index contributed by atoms with van der Waals surface area (Å²) in [6.07, 6.45) is 0. The number of aryl methyl sites for hydroxylation is 1. The van der Waals surface area contributed by atoms with E-state index in [1.807, 2.05) is 37.3 Å². The fourth-order valence-corrected chi connectivity index (χ4v) is 5.83. The van der Waals surface area contributed by atoms with Gasteiger partial charge in [-0.05, 0) is 54.3 Å². The standard InChI is InChI=1S/C26H21N3O4S/c1-17-7-4-10-19(15-17)27-26(31)20-11-2-3-12-21(20)28-24(30)16-29-22-13-5-8-18-9-6-14-23(25(18)22)34(29,32)33/h2-15H,16H2,1H3,(H,27,31)(H,28,30). The highest BCUT2D eigenvalue weighted by Gasteiger charge is 2.36. The zero-order valence-corrected chi connectivity index (χ0v) is 19.1. The van der Waals surface area contributed by atoms with Crippen LogP contribution >= 0.6 is 0 Å². The van der Waals surface area contributed by atoms with Gasteiger partial charge < -0.3 is 10.6 Å². The van der Waals surface area contributed by atoms with E-state index in [9.17, 15) is 18.0 Å². The first-order valence-corrected chi connectivity index (χ1v) is 12.1. The van der Waals surface area contributed by atoms with Gasteiger partial charge in [-0.3, -0.25) is 13.9 Å². The lowest BCUT2D eigenvalue weighted by Crippen LogP contribution is -2.35. The smallest absolute Gasteiger partial charge is 0.265 e. The van der Waals surface area contributed by atoms with Gasteiger partial charge in [0.2, 0.25) is 5.91 Å². The van der Waals surface area contributed by atoms with Crippen LogP contribution in [-0.2, 0) is 14.8 Å². The highest BCUT2D eigenvalue weighted by Crippen LogP contribution is 2.41. The molecule has 0 atom stereocenters. The molecule has 0 saturated carbocycles. The molecule has 4 aromatic carbocycles. The van der Waals surface area contributed by atoms with Crippen molar-refractivity contribution in [2.75, 3.05) is 21.5 Å². The summed E-state index contributed by atoms with van der Waals surface area (Å²) in [5.41, 5.74) is 2.67. The maximum Gasteiger partial charge on any atom is 0.265 e. The van der Waals surface area contributed by atoms with Crippen molar-refractivity contribution >= 4 is 49.7 Å². The predicted octanol–water partition coefficient (Wildman–Crippen LogP) is 4.55. The number of hydrogen-bond donors (Lipinski definition) is 2. The Morgan fingerprint density at radius 2 is 1.59 bits per heavy atom. The number of hydrogen-bond acceptors (Lipinski definition) is 4. The summed E-state index contributed by atoms with van der Waals surface area (Å²) >= 11 is 0. The molecule has 1 aliphatic heterocycles. The van der Waals surface area contributed by atoms with Crippen LogP contribution in [-0.4, -0.2) is 26.8 Å². The van der Waals surface area contributed by atoms with Gasteiger partial charge in [-0.25, -0.2) is 8.42 Å². The Balaban J connectivity index is 1.38. The van der Waals surface area contributed by atoms with E-state index in [-0.39, 0.29) is 16.4 Å². The van der Waals surface area contributed by atoms with Gasteiger partial charge in [-0.1, -0.05) is 48.5 Å². The molecule has 0 aromatic heterocycles. The van der Waals surface area contributed by atoms with E-state index < -0.39 is 22.5 Å². The lowest BCUT2D eigenvalue weighted by atomic mass is 10.1. The van der Waals surface area contributed by atoms with E-state index in [2.05, 4.69) is 10.6 Å². The molecular formula is C26H21N3O4S. The van der Waals surface area contributed by atoms with Crippen molar-refractivity contribution in [2.45, 2.75) is 11.8 Å². The first-order valence-electron chi connectivity index (χ1n) is 10.7. The molecule has 0 unspecified atom stereocenters. The molecule has 7 nitrogen and oxygen atoms in total. The zero-order valence-electron chi connectivity index (χ0n) is 18.3. The van der Waals surface area contributed by atoms with Crippen LogP contribution in [0.25, 0.3) is 10.8 Å². The molecule has 0 spiro atoms. The van der Waals surface area contributed by atoms with Crippen LogP contribution in [0, 0.1) is 6.92 Å². The van der Waals surface area contributed by atoms with Crippen LogP contribution in [0.5, 0.6) is 0 Å². The molecule has 0 aliphatic carbocycles. The SMILES string of the molecule is Cc1cccc(NC(=O)c2ccccc2NC(=O)CN2c3cccc4cccc(c34)S2(=O)=O)c1. The van der Waals surface area contributed by atoms with Gasteiger partial charge >= 0.3 is 0 Å². The molecule has 0 fully saturated rings. The van der Waals surface area contributed by atoms with Crippen LogP contribution in [0.4, 0.5) is 17.1 Å². The van der Waals surface area contributed by atoms with Crippen molar-refractivity contribution in [3.8, 4) is 0 Å². The van der Waals surface area contributed by atoms with Crippen LogP contribution in [0.1, 0.15) is 15.9 Å². The summed E-state index contributed by atoms with van der Waals surface area (Å²) < 4.78 is 27.4. The van der Waals surface area contributed by atoms with Crippen molar-refractivity contribution in [2.24, 2.45) is 0 Å². The third-order valence-electron chi connectivity index (χ3n) is 5.69. The monoisotopic (exact) mass is 471 g/mol. The van der Waals surface area contributed by atoms with E-state index in [0.717, 1.165) is 15.3 Å². The largest absolute Gasteiger partial charge is 0.324 e. The lowest BCUT2D eigenvalue weighted by Gasteiger charge is -2.19. The van der Waals surface area contributed by atoms with Gasteiger partial charge in [-0.2, -0.15) is 0 Å². The summed E-state index contributed by atoms with van der Waals surface area (Å²) in [7, 11) is -3.86. The van der Waals surface area contributed by atoms with Gasteiger partial charge in [0, 0.05) is 11.1 Å². The topological polar surface area (TPSA) is 95.6 Å². The fourth-order valence-electron chi connectivity index (χ4n) is 4.16. The van der Waals surface area contributed by atoms with Gasteiger partial charge in [0.15, 0.2) is 0 Å². The number of sulfonamides is 1. The Morgan fingerprint density at radius 1 is 0.853 bits per heavy atom. The minimum atomic E-state index is -3.86. The molecule has 170 valence electrons. The molecule has 5 rings (SSSR count). The second kappa shape index (κ2) is 8.31. The number of carbonyl (C=O) groups is 2. The number of benzene rings is 4. The molecule has 8 heteroatoms. The van der Waals surface area contributed by atoms with Crippen LogP contribution < -0.4 is 14.9 Å². The number of amides is 2. The molecular weight excluding hydrogens is 450 g/mol. The lowest BCUT2D eigenvalue weighted by molar-refractivity contribution is -0.114. The molecule has 0 bridgehead atoms. The molecule has 1 aliphatic rings. The zero-order chi connectivity index (χ0) is 23.9. The van der Waals surface area contributed by atoms with Crippen molar-refractivity contribution in [3.05, 3.63) is 96.1 Å². The molecule has 1 heterocycles. The number of anilines is 3. The maximum absolute atomic E-state index is 13.1. The van der Waals surface area contributed by atoms with Gasteiger partial charge in [-0.15, -0.1) is 0 Å². The summed E-state index contributed by atoms with van der Waals surface area (Å²) in [6.45, 7) is 1.51. The molecule has 0 saturated heterocycles. The Kier molecular flexibility index (Phi) is 5.30. The van der Waals surface area contributed by atoms with E-state index in [4.69, 9.17) is 0 Å². The minimum absolute atomic E-state index is 0.186. The van der Waals surface area contributed by atoms with Gasteiger partial charge in [0.05, 0.1) is 21.8 Å². The number of nitrogens with zero attached hydrogens (tertiary/aromatic N) is 1. The number of carbonyl (C=O) groups excluding carboxylic acids is 2. The Labute approximate surface area is 197 Å². The average Bonchev–Trinajstić information content (AvgIpc) is 3.02. The van der Waals surface area contributed by atoms with E-state index in [0.29, 0.717) is 22.4 Å². The number of nitrogens with one attached hydrogen (secondary N) is 2. The second-order valence-corrected chi connectivity index (χ2v) is 9.89. The van der Waals surface area contributed by atoms with Crippen molar-refractivity contribution in [3.63, 3.8) is 0 Å². The highest BCUT2D eigenvalue weighted by molar-refractivity contribution is 7.93. The van der Waals surface area contributed by atoms with Crippen molar-refractivity contribution in [1.82, 2.24) is 0 Å². The summed E-state index contributed by atoms with van der Waals surface area (Å²) in [6, 6.07) is 24.4. The maximum atomic E-state index is 13.1. The first kappa shape index (κ1) is 21.7. The van der Waals surface area contributed by atoms with Crippen molar-refractivity contribution in [1.29, 1.82) is 0 Å². The van der Waals surface area contributed by atoms with Crippen LogP contribution in [0.15, 0.2) is 89.8 Å². The molecule has 4 aromatic rings. The Morgan fingerprint density at radius 3 is 2.38 bits per heavy atom. The highest BCUT2D eigenvalue weighted by atomic mass is 32.2. The number of rotatable bonds is 5. The number of para-hydroxylation sites is 1. The quantitative estimate of drug-likeness (QED) is 0.446. The third kappa shape index (κ3) is 3.78. The van der Waals surface area contributed by atoms with E-state index in [1.165, 1.54) is 0 Å². The molecule has 34 heavy (non-hydrogen) atoms. The predicted molar refractivity (Wildman–Crippen MR) is 133 cm³/mol. The Hall–Kier alpha value is -4.17. The summed E-state index contributed by atoms with van der Waals surface area (Å²) in [5.74, 6) is -0.934. The van der Waals surface area contributed by atoms with Crippen LogP contribution in [0.3, 0.4) is 0 Å². The van der Waals surface area contributed by atoms with E-state index >= 15 is 0 Å². The summed E-state index contributed by atoms with van der Waals surface area (Å²) in [5, 5.41) is 6.93. The fraction of sp³-hybridized carbons (Fsp3) is 0.0769. The Bertz CT molecular complexity index is 1560. The average molecular weight is 472 g/mol. The first-order chi connectivity index (χ1) is 16.3. The minimum Gasteiger partial charge on any atom is -0.324 e. The van der Waals surface area contributed by atoms with Gasteiger partial charge in [0.25, 0.3) is 15.9 Å². The van der Waals surface area contributed by atoms with E-state index in [1.54, 1.807) is 54.6 Å². The molecule has 2 amide bonds. The third-order valence-corrected chi connectivity index (χ3v) is 7.49. The van der Waals surface area contributed by atoms with Crippen molar-refractivity contribution < 1.29 is 18.0 Å². The normalized spacial score (nSPS) is 13.6. The second-order valence-electron chi connectivity index (χ2n) is 8.06. The molecule has 2 N–H and O–H groups in total. The van der Waals surface area contributed by atoms with Gasteiger partial charge in [0.1, 0.15) is 6.54 Å². The van der Waals surface area contributed by atoms with Crippen LogP contribution in [0.2, 0.25) is 0 Å². The molecule has 0 radical (unpaired) electrons.